The number of amides is 4. The highest BCUT2D eigenvalue weighted by atomic mass is 127. The molecule has 2 unspecified atom stereocenters. The molecule has 1 aliphatic rings. The Labute approximate surface area is 115 Å². The van der Waals surface area contributed by atoms with E-state index < -0.39 is 23.3 Å². The van der Waals surface area contributed by atoms with E-state index in [9.17, 15) is 14.4 Å². The zero-order chi connectivity index (χ0) is 13.2. The molecule has 96 valence electrons. The van der Waals surface area contributed by atoms with E-state index in [-0.39, 0.29) is 5.92 Å². The summed E-state index contributed by atoms with van der Waals surface area (Å²) in [5.74, 6) is -0.922. The molecule has 1 fully saturated rings. The first kappa shape index (κ1) is 14.4. The Hall–Kier alpha value is -0.660. The van der Waals surface area contributed by atoms with Crippen LogP contribution in [0.5, 0.6) is 0 Å². The highest BCUT2D eigenvalue weighted by Gasteiger charge is 2.55. The van der Waals surface area contributed by atoms with Gasteiger partial charge < -0.3 is 0 Å². The van der Waals surface area contributed by atoms with E-state index in [1.165, 1.54) is 0 Å². The van der Waals surface area contributed by atoms with E-state index in [0.717, 1.165) is 16.0 Å². The van der Waals surface area contributed by atoms with E-state index in [1.54, 1.807) is 22.9 Å². The summed E-state index contributed by atoms with van der Waals surface area (Å²) in [6.07, 6.45) is 2.09. The van der Waals surface area contributed by atoms with E-state index in [0.29, 0.717) is 6.42 Å². The molecule has 1 N–H and O–H groups in total. The number of urea groups is 1. The lowest BCUT2D eigenvalue weighted by molar-refractivity contribution is -0.151. The second-order valence-electron chi connectivity index (χ2n) is 4.36. The van der Waals surface area contributed by atoms with Crippen LogP contribution in [-0.4, -0.2) is 21.0 Å². The minimum Gasteiger partial charge on any atom is -0.276 e. The van der Waals surface area contributed by atoms with E-state index in [4.69, 9.17) is 0 Å². The molecular weight excluding hydrogens is 335 g/mol. The number of barbiturate groups is 1. The maximum atomic E-state index is 12.3. The second-order valence-corrected chi connectivity index (χ2v) is 5.32. The molecule has 0 saturated carbocycles. The largest absolute Gasteiger partial charge is 0.339 e. The number of hydrogen-bond acceptors (Lipinski definition) is 3. The van der Waals surface area contributed by atoms with E-state index in [1.807, 2.05) is 20.8 Å². The van der Waals surface area contributed by atoms with Gasteiger partial charge in [-0.25, -0.2) is 7.91 Å². The third-order valence-electron chi connectivity index (χ3n) is 3.48. The van der Waals surface area contributed by atoms with E-state index >= 15 is 0 Å². The van der Waals surface area contributed by atoms with Crippen molar-refractivity contribution in [3.8, 4) is 0 Å². The minimum absolute atomic E-state index is 0.0737. The maximum absolute atomic E-state index is 12.3. The average molecular weight is 352 g/mol. The van der Waals surface area contributed by atoms with Crippen LogP contribution in [0.3, 0.4) is 0 Å². The first-order valence-corrected chi connectivity index (χ1v) is 6.74. The molecule has 17 heavy (non-hydrogen) atoms. The monoisotopic (exact) mass is 352 g/mol. The molecule has 0 aromatic carbocycles. The molecule has 1 rings (SSSR count). The Kier molecular flexibility index (Phi) is 4.51. The Bertz CT molecular complexity index is 359. The topological polar surface area (TPSA) is 66.5 Å². The number of rotatable bonds is 4. The molecule has 1 saturated heterocycles. The number of halogens is 1. The standard InChI is InChI=1S/C11H17IN2O3/c1-4-6-7(3)11(5-2)8(15)13-10(17)14(12)9(11)16/h7H,4-6H2,1-3H3,(H,13,15,17). The fraction of sp³-hybridized carbons (Fsp3) is 0.727. The van der Waals surface area contributed by atoms with Gasteiger partial charge in [0.15, 0.2) is 0 Å². The van der Waals surface area contributed by atoms with Crippen molar-refractivity contribution in [1.29, 1.82) is 0 Å². The molecule has 0 bridgehead atoms. The highest BCUT2D eigenvalue weighted by molar-refractivity contribution is 14.1. The van der Waals surface area contributed by atoms with Crippen molar-refractivity contribution in [2.45, 2.75) is 40.0 Å². The summed E-state index contributed by atoms with van der Waals surface area (Å²) >= 11 is 1.65. The first-order valence-electron chi connectivity index (χ1n) is 5.77. The Morgan fingerprint density at radius 2 is 1.94 bits per heavy atom. The summed E-state index contributed by atoms with van der Waals surface area (Å²) in [6, 6.07) is -0.645. The van der Waals surface area contributed by atoms with Crippen molar-refractivity contribution in [2.75, 3.05) is 0 Å². The number of imide groups is 2. The summed E-state index contributed by atoms with van der Waals surface area (Å²) in [5, 5.41) is 2.26. The van der Waals surface area contributed by atoms with Crippen LogP contribution in [0.2, 0.25) is 0 Å². The van der Waals surface area contributed by atoms with Crippen LogP contribution in [0.25, 0.3) is 0 Å². The first-order chi connectivity index (χ1) is 7.91. The lowest BCUT2D eigenvalue weighted by atomic mass is 9.70. The Balaban J connectivity index is 3.15. The van der Waals surface area contributed by atoms with Crippen LogP contribution in [-0.2, 0) is 9.59 Å². The lowest BCUT2D eigenvalue weighted by Gasteiger charge is -2.40. The molecular formula is C11H17IN2O3. The molecule has 4 amide bonds. The predicted octanol–water partition coefficient (Wildman–Crippen LogP) is 2.25. The summed E-state index contributed by atoms with van der Waals surface area (Å²) < 4.78 is 0.981. The van der Waals surface area contributed by atoms with Gasteiger partial charge in [-0.1, -0.05) is 27.2 Å². The predicted molar refractivity (Wildman–Crippen MR) is 71.2 cm³/mol. The molecule has 0 spiro atoms. The van der Waals surface area contributed by atoms with Crippen LogP contribution in [0.1, 0.15) is 40.0 Å². The molecule has 2 atom stereocenters. The van der Waals surface area contributed by atoms with Gasteiger partial charge in [-0.2, -0.15) is 0 Å². The van der Waals surface area contributed by atoms with Gasteiger partial charge in [0.1, 0.15) is 5.41 Å². The second kappa shape index (κ2) is 5.32. The molecule has 5 nitrogen and oxygen atoms in total. The molecule has 0 radical (unpaired) electrons. The molecule has 1 heterocycles. The van der Waals surface area contributed by atoms with Gasteiger partial charge >= 0.3 is 6.03 Å². The molecule has 1 aliphatic heterocycles. The van der Waals surface area contributed by atoms with Crippen molar-refractivity contribution >= 4 is 40.7 Å². The average Bonchev–Trinajstić information content (AvgIpc) is 2.28. The molecule has 0 aromatic heterocycles. The highest BCUT2D eigenvalue weighted by Crippen LogP contribution is 2.39. The van der Waals surface area contributed by atoms with Crippen molar-refractivity contribution in [1.82, 2.24) is 8.43 Å². The van der Waals surface area contributed by atoms with Gasteiger partial charge in [-0.05, 0) is 18.8 Å². The minimum atomic E-state index is -1.09. The summed E-state index contributed by atoms with van der Waals surface area (Å²) in [5.41, 5.74) is -1.09. The third-order valence-corrected chi connectivity index (χ3v) is 4.36. The lowest BCUT2D eigenvalue weighted by Crippen LogP contribution is -2.63. The van der Waals surface area contributed by atoms with Crippen molar-refractivity contribution < 1.29 is 14.4 Å². The number of hydrogen-bond donors (Lipinski definition) is 1. The van der Waals surface area contributed by atoms with Gasteiger partial charge in [0.05, 0.1) is 22.9 Å². The Morgan fingerprint density at radius 1 is 1.35 bits per heavy atom. The number of carbonyl (C=O) groups excluding carboxylic acids is 3. The van der Waals surface area contributed by atoms with Crippen LogP contribution >= 0.6 is 22.9 Å². The quantitative estimate of drug-likeness (QED) is 0.479. The van der Waals surface area contributed by atoms with Gasteiger partial charge in [-0.15, -0.1) is 0 Å². The number of nitrogens with one attached hydrogen (secondary N) is 1. The normalized spacial score (nSPS) is 27.1. The fourth-order valence-corrected chi connectivity index (χ4v) is 2.95. The SMILES string of the molecule is CCCC(C)C1(CC)C(=O)NC(=O)N(I)C1=O. The number of nitrogens with zero attached hydrogens (tertiary/aromatic N) is 1. The molecule has 6 heteroatoms. The van der Waals surface area contributed by atoms with Crippen LogP contribution < -0.4 is 5.32 Å². The maximum Gasteiger partial charge on any atom is 0.339 e. The smallest absolute Gasteiger partial charge is 0.276 e. The summed E-state index contributed by atoms with van der Waals surface area (Å²) in [7, 11) is 0. The number of carbonyl (C=O) groups is 3. The Morgan fingerprint density at radius 3 is 2.41 bits per heavy atom. The fourth-order valence-electron chi connectivity index (χ4n) is 2.40. The molecule has 0 aliphatic carbocycles. The van der Waals surface area contributed by atoms with Gasteiger partial charge in [0, 0.05) is 0 Å². The van der Waals surface area contributed by atoms with E-state index in [2.05, 4.69) is 5.32 Å². The van der Waals surface area contributed by atoms with Crippen molar-refractivity contribution in [3.05, 3.63) is 0 Å². The zero-order valence-electron chi connectivity index (χ0n) is 10.2. The van der Waals surface area contributed by atoms with Crippen LogP contribution in [0, 0.1) is 11.3 Å². The zero-order valence-corrected chi connectivity index (χ0v) is 12.4. The third kappa shape index (κ3) is 2.19. The van der Waals surface area contributed by atoms with Gasteiger partial charge in [0.2, 0.25) is 5.91 Å². The van der Waals surface area contributed by atoms with Gasteiger partial charge in [-0.3, -0.25) is 14.9 Å². The van der Waals surface area contributed by atoms with Crippen molar-refractivity contribution in [2.24, 2.45) is 11.3 Å². The van der Waals surface area contributed by atoms with Crippen LogP contribution in [0.15, 0.2) is 0 Å². The van der Waals surface area contributed by atoms with Crippen molar-refractivity contribution in [3.63, 3.8) is 0 Å². The molecule has 0 aromatic rings. The van der Waals surface area contributed by atoms with Gasteiger partial charge in [0.25, 0.3) is 5.91 Å². The van der Waals surface area contributed by atoms with Crippen LogP contribution in [0.4, 0.5) is 4.79 Å². The summed E-state index contributed by atoms with van der Waals surface area (Å²) in [6.45, 7) is 5.71. The summed E-state index contributed by atoms with van der Waals surface area (Å²) in [4.78, 5) is 35.7.